The number of halogens is 1. The zero-order valence-electron chi connectivity index (χ0n) is 12.2. The second-order valence-corrected chi connectivity index (χ2v) is 6.83. The lowest BCUT2D eigenvalue weighted by atomic mass is 9.65. The number of hydrazine groups is 1. The van der Waals surface area contributed by atoms with Crippen LogP contribution < -0.4 is 10.9 Å². The summed E-state index contributed by atoms with van der Waals surface area (Å²) in [7, 11) is 0. The van der Waals surface area contributed by atoms with Crippen LogP contribution in [-0.2, 0) is 0 Å². The highest BCUT2D eigenvalue weighted by atomic mass is 19.1. The Labute approximate surface area is 127 Å². The molecule has 114 valence electrons. The molecule has 6 rings (SSSR count). The number of nitrogens with one attached hydrogen (secondary N) is 2. The summed E-state index contributed by atoms with van der Waals surface area (Å²) >= 11 is 0. The van der Waals surface area contributed by atoms with Crippen LogP contribution in [0.25, 0.3) is 11.0 Å². The molecule has 1 aromatic carbocycles. The van der Waals surface area contributed by atoms with Crippen LogP contribution in [0.1, 0.15) is 37.9 Å². The molecule has 1 aromatic heterocycles. The molecule has 0 radical (unpaired) electrons. The first-order chi connectivity index (χ1) is 10.7. The van der Waals surface area contributed by atoms with Gasteiger partial charge in [0, 0.05) is 5.39 Å². The maximum Gasteiger partial charge on any atom is 0.181 e. The predicted octanol–water partition coefficient (Wildman–Crippen LogP) is 3.33. The van der Waals surface area contributed by atoms with Crippen molar-refractivity contribution in [3.05, 3.63) is 35.8 Å². The van der Waals surface area contributed by atoms with Gasteiger partial charge < -0.3 is 9.84 Å². The molecule has 3 saturated carbocycles. The third-order valence-electron chi connectivity index (χ3n) is 5.56. The van der Waals surface area contributed by atoms with Crippen LogP contribution >= 0.6 is 0 Å². The van der Waals surface area contributed by atoms with Gasteiger partial charge in [-0.05, 0) is 56.1 Å². The second kappa shape index (κ2) is 4.32. The Morgan fingerprint density at radius 2 is 2.09 bits per heavy atom. The number of benzene rings is 1. The van der Waals surface area contributed by atoms with Crippen molar-refractivity contribution in [1.29, 1.82) is 0 Å². The molecule has 4 nitrogen and oxygen atoms in total. The summed E-state index contributed by atoms with van der Waals surface area (Å²) in [6, 6.07) is 6.82. The highest BCUT2D eigenvalue weighted by molar-refractivity contribution is 6.00. The molecule has 1 spiro atoms. The summed E-state index contributed by atoms with van der Waals surface area (Å²) in [5.74, 6) is 2.33. The van der Waals surface area contributed by atoms with Gasteiger partial charge >= 0.3 is 0 Å². The van der Waals surface area contributed by atoms with Gasteiger partial charge in [0.15, 0.2) is 23.0 Å². The zero-order chi connectivity index (χ0) is 14.7. The largest absolute Gasteiger partial charge is 0.450 e. The lowest BCUT2D eigenvalue weighted by Gasteiger charge is -2.47. The number of rotatable bonds is 1. The highest BCUT2D eigenvalue weighted by Gasteiger charge is 2.50. The maximum absolute atomic E-state index is 13.8. The van der Waals surface area contributed by atoms with Crippen molar-refractivity contribution in [2.75, 3.05) is 0 Å². The van der Waals surface area contributed by atoms with E-state index in [9.17, 15) is 4.39 Å². The number of fused-ring (bicyclic) bond motifs is 3. The molecular formula is C17H18FN3O. The number of para-hydroxylation sites is 1. The molecular weight excluding hydrogens is 281 g/mol. The van der Waals surface area contributed by atoms with E-state index in [1.165, 1.54) is 31.7 Å². The molecule has 2 heterocycles. The number of aliphatic imine (C=N–C) groups is 1. The van der Waals surface area contributed by atoms with Crippen molar-refractivity contribution in [3.8, 4) is 0 Å². The molecule has 22 heavy (non-hydrogen) atoms. The quantitative estimate of drug-likeness (QED) is 0.849. The molecule has 4 aliphatic rings. The van der Waals surface area contributed by atoms with Crippen LogP contribution in [0.2, 0.25) is 0 Å². The van der Waals surface area contributed by atoms with Gasteiger partial charge in [-0.3, -0.25) is 0 Å². The molecule has 0 amide bonds. The summed E-state index contributed by atoms with van der Waals surface area (Å²) in [6.07, 6.45) is 6.22. The van der Waals surface area contributed by atoms with Gasteiger partial charge in [0.2, 0.25) is 0 Å². The first-order valence-corrected chi connectivity index (χ1v) is 8.05. The molecule has 3 fully saturated rings. The van der Waals surface area contributed by atoms with E-state index in [1.54, 1.807) is 6.07 Å². The van der Waals surface area contributed by atoms with E-state index in [0.29, 0.717) is 23.1 Å². The number of hydrogen-bond donors (Lipinski definition) is 2. The predicted molar refractivity (Wildman–Crippen MR) is 81.8 cm³/mol. The Balaban J connectivity index is 1.55. The van der Waals surface area contributed by atoms with Crippen molar-refractivity contribution in [2.45, 2.75) is 37.8 Å². The Kier molecular flexibility index (Phi) is 2.48. The van der Waals surface area contributed by atoms with Gasteiger partial charge in [0.05, 0.1) is 0 Å². The van der Waals surface area contributed by atoms with Crippen LogP contribution in [0.4, 0.5) is 4.39 Å². The Morgan fingerprint density at radius 1 is 1.23 bits per heavy atom. The Bertz CT molecular complexity index is 775. The van der Waals surface area contributed by atoms with Crippen molar-refractivity contribution in [3.63, 3.8) is 0 Å². The average Bonchev–Trinajstić information content (AvgIpc) is 3.14. The fraction of sp³-hybridized carbons (Fsp3) is 0.471. The summed E-state index contributed by atoms with van der Waals surface area (Å²) in [5.41, 5.74) is 6.70. The Hall–Kier alpha value is -1.88. The molecule has 2 N–H and O–H groups in total. The monoisotopic (exact) mass is 299 g/mol. The first-order valence-electron chi connectivity index (χ1n) is 8.05. The minimum atomic E-state index is -0.332. The molecule has 3 aliphatic carbocycles. The number of hydrogen-bond acceptors (Lipinski definition) is 4. The molecule has 1 aliphatic heterocycles. The smallest absolute Gasteiger partial charge is 0.181 e. The maximum atomic E-state index is 13.8. The van der Waals surface area contributed by atoms with Gasteiger partial charge in [0.25, 0.3) is 0 Å². The van der Waals surface area contributed by atoms with Crippen LogP contribution in [-0.4, -0.2) is 11.5 Å². The van der Waals surface area contributed by atoms with Crippen molar-refractivity contribution >= 4 is 16.8 Å². The van der Waals surface area contributed by atoms with Gasteiger partial charge in [0.1, 0.15) is 5.66 Å². The number of nitrogens with zero attached hydrogens (tertiary/aromatic N) is 1. The SMILES string of the molecule is Fc1cccc2cc(C3=N[C@]4(CC5CCC4CC5)NN3)oc12. The van der Waals surface area contributed by atoms with E-state index in [-0.39, 0.29) is 11.5 Å². The minimum absolute atomic E-state index is 0.186. The van der Waals surface area contributed by atoms with E-state index in [2.05, 4.69) is 10.9 Å². The average molecular weight is 299 g/mol. The summed E-state index contributed by atoms with van der Waals surface area (Å²) in [6.45, 7) is 0. The summed E-state index contributed by atoms with van der Waals surface area (Å²) in [4.78, 5) is 4.94. The van der Waals surface area contributed by atoms with Crippen LogP contribution in [0.5, 0.6) is 0 Å². The lowest BCUT2D eigenvalue weighted by molar-refractivity contribution is 0.0506. The lowest BCUT2D eigenvalue weighted by Crippen LogP contribution is -2.56. The first kappa shape index (κ1) is 12.6. The highest BCUT2D eigenvalue weighted by Crippen LogP contribution is 2.48. The van der Waals surface area contributed by atoms with Gasteiger partial charge in [-0.25, -0.2) is 14.8 Å². The fourth-order valence-corrected chi connectivity index (χ4v) is 4.42. The second-order valence-electron chi connectivity index (χ2n) is 6.83. The van der Waals surface area contributed by atoms with Crippen LogP contribution in [0.15, 0.2) is 33.7 Å². The molecule has 5 heteroatoms. The minimum Gasteiger partial charge on any atom is -0.450 e. The van der Waals surface area contributed by atoms with E-state index < -0.39 is 0 Å². The zero-order valence-corrected chi connectivity index (χ0v) is 12.2. The van der Waals surface area contributed by atoms with E-state index >= 15 is 0 Å². The van der Waals surface area contributed by atoms with Gasteiger partial charge in [-0.2, -0.15) is 0 Å². The van der Waals surface area contributed by atoms with Crippen LogP contribution in [0.3, 0.4) is 0 Å². The normalized spacial score (nSPS) is 33.4. The molecule has 2 bridgehead atoms. The van der Waals surface area contributed by atoms with Crippen LogP contribution in [0, 0.1) is 17.7 Å². The topological polar surface area (TPSA) is 49.6 Å². The van der Waals surface area contributed by atoms with E-state index in [4.69, 9.17) is 9.41 Å². The molecule has 1 atom stereocenters. The summed E-state index contributed by atoms with van der Waals surface area (Å²) < 4.78 is 19.5. The fourth-order valence-electron chi connectivity index (χ4n) is 4.42. The summed E-state index contributed by atoms with van der Waals surface area (Å²) in [5, 5.41) is 0.769. The van der Waals surface area contributed by atoms with Crippen molar-refractivity contribution < 1.29 is 8.81 Å². The third kappa shape index (κ3) is 1.69. The number of amidine groups is 1. The van der Waals surface area contributed by atoms with Crippen molar-refractivity contribution in [2.24, 2.45) is 16.8 Å². The van der Waals surface area contributed by atoms with E-state index in [1.807, 2.05) is 12.1 Å². The Morgan fingerprint density at radius 3 is 2.82 bits per heavy atom. The molecule has 0 saturated heterocycles. The number of furan rings is 1. The third-order valence-corrected chi connectivity index (χ3v) is 5.56. The van der Waals surface area contributed by atoms with Gasteiger partial charge in [-0.1, -0.05) is 12.1 Å². The standard InChI is InChI=1S/C17H18FN3O/c18-13-3-1-2-11-8-14(22-15(11)13)16-19-17(21-20-16)9-10-4-6-12(17)7-5-10/h1-3,8,10,12,21H,4-7,9H2,(H,19,20)/t10?,12?,17-/m1/s1. The molecule has 2 aromatic rings. The van der Waals surface area contributed by atoms with Crippen molar-refractivity contribution in [1.82, 2.24) is 10.9 Å². The van der Waals surface area contributed by atoms with E-state index in [0.717, 1.165) is 17.7 Å². The van der Waals surface area contributed by atoms with Gasteiger partial charge in [-0.15, -0.1) is 0 Å². The molecule has 0 unspecified atom stereocenters.